The van der Waals surface area contributed by atoms with E-state index in [1.165, 1.54) is 11.8 Å². The minimum atomic E-state index is -0.381. The van der Waals surface area contributed by atoms with Crippen LogP contribution in [-0.2, 0) is 29.0 Å². The van der Waals surface area contributed by atoms with Gasteiger partial charge in [0.05, 0.1) is 13.7 Å². The van der Waals surface area contributed by atoms with Crippen molar-refractivity contribution in [1.29, 1.82) is 0 Å². The molecule has 0 saturated carbocycles. The highest BCUT2D eigenvalue weighted by atomic mass is 16.5. The second-order valence-corrected chi connectivity index (χ2v) is 4.72. The minimum Gasteiger partial charge on any atom is -0.466 e. The summed E-state index contributed by atoms with van der Waals surface area (Å²) in [6.45, 7) is 2.71. The zero-order chi connectivity index (χ0) is 13.8. The maximum absolute atomic E-state index is 12.1. The van der Waals surface area contributed by atoms with Crippen LogP contribution in [0.15, 0.2) is 16.4 Å². The van der Waals surface area contributed by atoms with Gasteiger partial charge in [0.1, 0.15) is 5.82 Å². The number of rotatable bonds is 3. The van der Waals surface area contributed by atoms with Crippen LogP contribution in [0.3, 0.4) is 0 Å². The average Bonchev–Trinajstić information content (AvgIpc) is 2.59. The standard InChI is InChI=1S/C13H19N3O3/c1-10(12(17)19-2)7-9-16-13(18)15-8-5-3-4-6-11(15)14-16/h7H,3-6,8-9H2,1-2H3. The normalized spacial score (nSPS) is 15.8. The Hall–Kier alpha value is -1.85. The van der Waals surface area contributed by atoms with Gasteiger partial charge >= 0.3 is 11.7 Å². The lowest BCUT2D eigenvalue weighted by atomic mass is 10.2. The van der Waals surface area contributed by atoms with Crippen molar-refractivity contribution < 1.29 is 9.53 Å². The van der Waals surface area contributed by atoms with Crippen molar-refractivity contribution in [2.45, 2.75) is 45.7 Å². The maximum atomic E-state index is 12.1. The molecule has 0 radical (unpaired) electrons. The molecule has 0 atom stereocenters. The molecule has 0 spiro atoms. The molecular weight excluding hydrogens is 246 g/mol. The fourth-order valence-corrected chi connectivity index (χ4v) is 2.21. The first-order valence-corrected chi connectivity index (χ1v) is 6.55. The molecule has 0 bridgehead atoms. The molecular formula is C13H19N3O3. The van der Waals surface area contributed by atoms with Crippen LogP contribution in [0.2, 0.25) is 0 Å². The summed E-state index contributed by atoms with van der Waals surface area (Å²) in [5, 5.41) is 4.34. The molecule has 0 saturated heterocycles. The Bertz CT molecular complexity index is 554. The van der Waals surface area contributed by atoms with Crippen molar-refractivity contribution in [3.05, 3.63) is 28.0 Å². The van der Waals surface area contributed by atoms with Crippen LogP contribution < -0.4 is 5.69 Å². The van der Waals surface area contributed by atoms with Gasteiger partial charge in [-0.05, 0) is 19.8 Å². The molecule has 2 rings (SSSR count). The lowest BCUT2D eigenvalue weighted by Crippen LogP contribution is -2.25. The fraction of sp³-hybridized carbons (Fsp3) is 0.615. The van der Waals surface area contributed by atoms with Gasteiger partial charge in [0.2, 0.25) is 0 Å². The Kier molecular flexibility index (Phi) is 4.19. The first-order chi connectivity index (χ1) is 9.13. The first-order valence-electron chi connectivity index (χ1n) is 6.55. The van der Waals surface area contributed by atoms with Gasteiger partial charge in [-0.15, -0.1) is 0 Å². The number of carbonyl (C=O) groups excluding carboxylic acids is 1. The van der Waals surface area contributed by atoms with Crippen LogP contribution in [0.25, 0.3) is 0 Å². The number of carbonyl (C=O) groups is 1. The van der Waals surface area contributed by atoms with E-state index in [4.69, 9.17) is 0 Å². The van der Waals surface area contributed by atoms with Crippen molar-refractivity contribution in [3.63, 3.8) is 0 Å². The Morgan fingerprint density at radius 3 is 2.95 bits per heavy atom. The summed E-state index contributed by atoms with van der Waals surface area (Å²) in [7, 11) is 1.34. The molecule has 1 aliphatic heterocycles. The lowest BCUT2D eigenvalue weighted by molar-refractivity contribution is -0.136. The zero-order valence-corrected chi connectivity index (χ0v) is 11.4. The molecule has 1 aromatic heterocycles. The van der Waals surface area contributed by atoms with Crippen LogP contribution in [0.1, 0.15) is 32.0 Å². The van der Waals surface area contributed by atoms with E-state index in [9.17, 15) is 9.59 Å². The second-order valence-electron chi connectivity index (χ2n) is 4.72. The van der Waals surface area contributed by atoms with Crippen LogP contribution >= 0.6 is 0 Å². The van der Waals surface area contributed by atoms with Gasteiger partial charge in [-0.3, -0.25) is 4.57 Å². The van der Waals surface area contributed by atoms with Crippen LogP contribution in [-0.4, -0.2) is 27.4 Å². The Morgan fingerprint density at radius 2 is 2.21 bits per heavy atom. The van der Waals surface area contributed by atoms with Gasteiger partial charge in [-0.2, -0.15) is 5.10 Å². The van der Waals surface area contributed by atoms with E-state index >= 15 is 0 Å². The summed E-state index contributed by atoms with van der Waals surface area (Å²) < 4.78 is 7.76. The number of hydrogen-bond acceptors (Lipinski definition) is 4. The lowest BCUT2D eigenvalue weighted by Gasteiger charge is -1.99. The summed E-state index contributed by atoms with van der Waals surface area (Å²) in [6.07, 6.45) is 5.76. The van der Waals surface area contributed by atoms with Crippen LogP contribution in [0.5, 0.6) is 0 Å². The van der Waals surface area contributed by atoms with E-state index in [1.807, 2.05) is 0 Å². The number of aryl methyl sites for hydroxylation is 1. The molecule has 1 aromatic rings. The molecule has 0 amide bonds. The first kappa shape index (κ1) is 13.6. The van der Waals surface area contributed by atoms with Gasteiger partial charge in [-0.1, -0.05) is 12.5 Å². The number of allylic oxidation sites excluding steroid dienone is 1. The van der Waals surface area contributed by atoms with Crippen molar-refractivity contribution in [2.24, 2.45) is 0 Å². The molecule has 0 unspecified atom stereocenters. The molecule has 1 aliphatic rings. The Morgan fingerprint density at radius 1 is 1.42 bits per heavy atom. The highest BCUT2D eigenvalue weighted by molar-refractivity contribution is 5.87. The smallest absolute Gasteiger partial charge is 0.346 e. The SMILES string of the molecule is COC(=O)C(C)=CCn1nc2n(c1=O)CCCCC2. The highest BCUT2D eigenvalue weighted by Gasteiger charge is 2.15. The molecule has 104 valence electrons. The number of hydrogen-bond donors (Lipinski definition) is 0. The van der Waals surface area contributed by atoms with Gasteiger partial charge < -0.3 is 4.74 Å². The summed E-state index contributed by atoms with van der Waals surface area (Å²) in [5.74, 6) is 0.473. The number of aromatic nitrogens is 3. The van der Waals surface area contributed by atoms with E-state index in [0.29, 0.717) is 12.1 Å². The largest absolute Gasteiger partial charge is 0.466 e. The van der Waals surface area contributed by atoms with Crippen molar-refractivity contribution in [2.75, 3.05) is 7.11 Å². The number of methoxy groups -OCH3 is 1. The van der Waals surface area contributed by atoms with E-state index in [-0.39, 0.29) is 11.7 Å². The zero-order valence-electron chi connectivity index (χ0n) is 11.4. The molecule has 2 heterocycles. The van der Waals surface area contributed by atoms with Gasteiger partial charge in [0.25, 0.3) is 0 Å². The number of fused-ring (bicyclic) bond motifs is 1. The van der Waals surface area contributed by atoms with Crippen molar-refractivity contribution >= 4 is 5.97 Å². The maximum Gasteiger partial charge on any atom is 0.346 e. The fourth-order valence-electron chi connectivity index (χ4n) is 2.21. The van der Waals surface area contributed by atoms with Gasteiger partial charge in [-0.25, -0.2) is 14.3 Å². The van der Waals surface area contributed by atoms with Crippen LogP contribution in [0, 0.1) is 0 Å². The van der Waals surface area contributed by atoms with Crippen LogP contribution in [0.4, 0.5) is 0 Å². The predicted molar refractivity (Wildman–Crippen MR) is 69.8 cm³/mol. The molecule has 0 N–H and O–H groups in total. The topological polar surface area (TPSA) is 66.1 Å². The predicted octanol–water partition coefficient (Wildman–Crippen LogP) is 0.890. The molecule has 6 heteroatoms. The summed E-state index contributed by atoms with van der Waals surface area (Å²) >= 11 is 0. The van der Waals surface area contributed by atoms with Crippen molar-refractivity contribution in [1.82, 2.24) is 14.3 Å². The highest BCUT2D eigenvalue weighted by Crippen LogP contribution is 2.10. The average molecular weight is 265 g/mol. The molecule has 6 nitrogen and oxygen atoms in total. The molecule has 0 aromatic carbocycles. The second kappa shape index (κ2) is 5.86. The summed E-state index contributed by atoms with van der Waals surface area (Å²) in [6, 6.07) is 0. The molecule has 0 aliphatic carbocycles. The minimum absolute atomic E-state index is 0.0918. The Balaban J connectivity index is 2.18. The third-order valence-corrected chi connectivity index (χ3v) is 3.36. The summed E-state index contributed by atoms with van der Waals surface area (Å²) in [5.41, 5.74) is 0.392. The third kappa shape index (κ3) is 2.94. The summed E-state index contributed by atoms with van der Waals surface area (Å²) in [4.78, 5) is 23.4. The number of ether oxygens (including phenoxy) is 1. The van der Waals surface area contributed by atoms with E-state index in [0.717, 1.165) is 38.1 Å². The third-order valence-electron chi connectivity index (χ3n) is 3.36. The Labute approximate surface area is 111 Å². The van der Waals surface area contributed by atoms with E-state index in [1.54, 1.807) is 17.6 Å². The molecule has 19 heavy (non-hydrogen) atoms. The quantitative estimate of drug-likeness (QED) is 0.601. The van der Waals surface area contributed by atoms with Crippen molar-refractivity contribution in [3.8, 4) is 0 Å². The monoisotopic (exact) mass is 265 g/mol. The van der Waals surface area contributed by atoms with E-state index < -0.39 is 0 Å². The molecule has 0 fully saturated rings. The number of nitrogens with zero attached hydrogens (tertiary/aromatic N) is 3. The number of esters is 1. The van der Waals surface area contributed by atoms with Gasteiger partial charge in [0, 0.05) is 18.5 Å². The van der Waals surface area contributed by atoms with E-state index in [2.05, 4.69) is 9.84 Å². The van der Waals surface area contributed by atoms with Gasteiger partial charge in [0.15, 0.2) is 0 Å².